The molecule has 0 fully saturated rings. The fourth-order valence-electron chi connectivity index (χ4n) is 3.34. The number of nitrogens with one attached hydrogen (secondary N) is 2. The van der Waals surface area contributed by atoms with E-state index in [-0.39, 0.29) is 5.56 Å². The Bertz CT molecular complexity index is 1130. The Hall–Kier alpha value is -4.21. The molecule has 1 heterocycles. The van der Waals surface area contributed by atoms with Crippen LogP contribution in [0.1, 0.15) is 18.0 Å². The Morgan fingerprint density at radius 2 is 1.97 bits per heavy atom. The number of methoxy groups -OCH3 is 1. The van der Waals surface area contributed by atoms with E-state index in [4.69, 9.17) is 4.74 Å². The molecular weight excluding hydrogens is 433 g/mol. The van der Waals surface area contributed by atoms with E-state index in [1.807, 2.05) is 0 Å². The van der Waals surface area contributed by atoms with Crippen LogP contribution < -0.4 is 15.4 Å². The van der Waals surface area contributed by atoms with Crippen molar-refractivity contribution in [3.05, 3.63) is 66.1 Å². The quantitative estimate of drug-likeness (QED) is 0.550. The second-order valence-electron chi connectivity index (χ2n) is 7.34. The summed E-state index contributed by atoms with van der Waals surface area (Å²) in [6, 6.07) is 7.25. The first-order chi connectivity index (χ1) is 15.7. The number of rotatable bonds is 7. The van der Waals surface area contributed by atoms with Gasteiger partial charge in [0.25, 0.3) is 5.91 Å². The van der Waals surface area contributed by atoms with E-state index >= 15 is 0 Å². The van der Waals surface area contributed by atoms with Crippen LogP contribution in [0.2, 0.25) is 0 Å². The zero-order valence-electron chi connectivity index (χ0n) is 17.9. The number of hydrogen-bond donors (Lipinski definition) is 3. The van der Waals surface area contributed by atoms with Crippen LogP contribution in [0.15, 0.2) is 54.7 Å². The highest BCUT2D eigenvalue weighted by molar-refractivity contribution is 6.14. The molecule has 172 valence electrons. The van der Waals surface area contributed by atoms with Gasteiger partial charge in [0.1, 0.15) is 11.6 Å². The van der Waals surface area contributed by atoms with Crippen molar-refractivity contribution >= 4 is 23.7 Å². The number of aliphatic carboxylic acids is 1. The minimum Gasteiger partial charge on any atom is -0.497 e. The van der Waals surface area contributed by atoms with E-state index in [2.05, 4.69) is 10.6 Å². The van der Waals surface area contributed by atoms with Gasteiger partial charge in [-0.05, 0) is 35.4 Å². The molecule has 2 aromatic rings. The zero-order valence-corrected chi connectivity index (χ0v) is 17.9. The fraction of sp³-hybridized carbons (Fsp3) is 0.217. The zero-order chi connectivity index (χ0) is 24.1. The molecule has 3 rings (SSSR count). The minimum atomic E-state index is -1.42. The number of hydrogen-bond acceptors (Lipinski definition) is 5. The van der Waals surface area contributed by atoms with Crippen molar-refractivity contribution in [1.29, 1.82) is 0 Å². The number of ether oxygens (including phenoxy) is 1. The second-order valence-corrected chi connectivity index (χ2v) is 7.34. The number of likely N-dealkylation sites (N-methyl/N-ethyl adjacent to an activating group) is 1. The van der Waals surface area contributed by atoms with Crippen molar-refractivity contribution < 1.29 is 33.4 Å². The first-order valence-electron chi connectivity index (χ1n) is 9.91. The SMILES string of the molecule is COc1cccc(-c2cc([C@H](CC(=O)O)NC(=O)NC3C(=O)C=CN(C)C3=O)ccc2F)c1. The van der Waals surface area contributed by atoms with E-state index in [0.717, 1.165) is 11.0 Å². The van der Waals surface area contributed by atoms with E-state index in [1.54, 1.807) is 24.3 Å². The molecule has 1 aliphatic rings. The molecule has 0 aromatic heterocycles. The molecule has 2 aromatic carbocycles. The first kappa shape index (κ1) is 23.5. The number of benzene rings is 2. The Morgan fingerprint density at radius 3 is 2.67 bits per heavy atom. The second kappa shape index (κ2) is 9.94. The van der Waals surface area contributed by atoms with Crippen LogP contribution in [-0.2, 0) is 14.4 Å². The lowest BCUT2D eigenvalue weighted by Crippen LogP contribution is -2.55. The van der Waals surface area contributed by atoms with Crippen LogP contribution in [-0.4, -0.2) is 53.9 Å². The fourth-order valence-corrected chi connectivity index (χ4v) is 3.34. The summed E-state index contributed by atoms with van der Waals surface area (Å²) in [5, 5.41) is 14.1. The highest BCUT2D eigenvalue weighted by Gasteiger charge is 2.32. The highest BCUT2D eigenvalue weighted by Crippen LogP contribution is 2.29. The number of carboxylic acids is 1. The molecule has 3 N–H and O–H groups in total. The van der Waals surface area contributed by atoms with Crippen molar-refractivity contribution in [1.82, 2.24) is 15.5 Å². The predicted molar refractivity (Wildman–Crippen MR) is 116 cm³/mol. The van der Waals surface area contributed by atoms with Gasteiger partial charge in [0.2, 0.25) is 0 Å². The molecular formula is C23H22FN3O6. The average molecular weight is 455 g/mol. The van der Waals surface area contributed by atoms with E-state index in [1.165, 1.54) is 38.6 Å². The molecule has 0 saturated carbocycles. The third-order valence-electron chi connectivity index (χ3n) is 5.07. The summed E-state index contributed by atoms with van der Waals surface area (Å²) >= 11 is 0. The number of urea groups is 1. The number of nitrogens with zero attached hydrogens (tertiary/aromatic N) is 1. The predicted octanol–water partition coefficient (Wildman–Crippen LogP) is 2.24. The highest BCUT2D eigenvalue weighted by atomic mass is 19.1. The van der Waals surface area contributed by atoms with Crippen molar-refractivity contribution in [3.8, 4) is 16.9 Å². The van der Waals surface area contributed by atoms with Gasteiger partial charge in [0.15, 0.2) is 11.8 Å². The lowest BCUT2D eigenvalue weighted by atomic mass is 9.97. The summed E-state index contributed by atoms with van der Waals surface area (Å²) in [4.78, 5) is 49.3. The molecule has 0 radical (unpaired) electrons. The first-order valence-corrected chi connectivity index (χ1v) is 9.91. The van der Waals surface area contributed by atoms with Crippen molar-refractivity contribution in [2.45, 2.75) is 18.5 Å². The lowest BCUT2D eigenvalue weighted by Gasteiger charge is -2.25. The summed E-state index contributed by atoms with van der Waals surface area (Å²) in [7, 11) is 2.91. The molecule has 1 unspecified atom stereocenters. The third kappa shape index (κ3) is 5.53. The Balaban J connectivity index is 1.86. The number of carboxylic acid groups (broad SMARTS) is 1. The molecule has 9 nitrogen and oxygen atoms in total. The normalized spacial score (nSPS) is 16.3. The molecule has 0 aliphatic carbocycles. The molecule has 10 heteroatoms. The van der Waals surface area contributed by atoms with Crippen LogP contribution in [0.4, 0.5) is 9.18 Å². The summed E-state index contributed by atoms with van der Waals surface area (Å²) in [5.74, 6) is -2.48. The van der Waals surface area contributed by atoms with Gasteiger partial charge in [0.05, 0.1) is 19.6 Å². The van der Waals surface area contributed by atoms with Gasteiger partial charge in [-0.2, -0.15) is 0 Å². The van der Waals surface area contributed by atoms with Gasteiger partial charge in [-0.3, -0.25) is 14.4 Å². The standard InChI is InChI=1S/C23H22FN3O6/c1-27-9-8-19(28)21(22(27)31)26-23(32)25-18(12-20(29)30)14-6-7-17(24)16(11-14)13-4-3-5-15(10-13)33-2/h3-11,18,21H,12H2,1-2H3,(H,29,30)(H2,25,26,32)/t18-,21?/m0/s1. The van der Waals surface area contributed by atoms with Crippen LogP contribution in [0.5, 0.6) is 5.75 Å². The van der Waals surface area contributed by atoms with E-state index in [0.29, 0.717) is 16.9 Å². The van der Waals surface area contributed by atoms with Gasteiger partial charge in [-0.15, -0.1) is 0 Å². The summed E-state index contributed by atoms with van der Waals surface area (Å²) < 4.78 is 19.7. The van der Waals surface area contributed by atoms with Crippen molar-refractivity contribution in [3.63, 3.8) is 0 Å². The van der Waals surface area contributed by atoms with Crippen LogP contribution in [0.3, 0.4) is 0 Å². The Morgan fingerprint density at radius 1 is 1.21 bits per heavy atom. The van der Waals surface area contributed by atoms with Crippen molar-refractivity contribution in [2.24, 2.45) is 0 Å². The smallest absolute Gasteiger partial charge is 0.316 e. The van der Waals surface area contributed by atoms with Gasteiger partial charge in [0, 0.05) is 24.9 Å². The van der Waals surface area contributed by atoms with Crippen LogP contribution in [0, 0.1) is 5.82 Å². The Kier molecular flexibility index (Phi) is 7.07. The number of halogens is 1. The van der Waals surface area contributed by atoms with Gasteiger partial charge in [-0.1, -0.05) is 18.2 Å². The number of amides is 3. The molecule has 1 aliphatic heterocycles. The molecule has 33 heavy (non-hydrogen) atoms. The Labute approximate surface area is 188 Å². The number of ketones is 1. The maximum absolute atomic E-state index is 14.6. The molecule has 0 bridgehead atoms. The molecule has 3 amide bonds. The number of carbonyl (C=O) groups excluding carboxylic acids is 3. The molecule has 0 saturated heterocycles. The third-order valence-corrected chi connectivity index (χ3v) is 5.07. The average Bonchev–Trinajstić information content (AvgIpc) is 2.79. The summed E-state index contributed by atoms with van der Waals surface area (Å²) in [5.41, 5.74) is 1.01. The van der Waals surface area contributed by atoms with Gasteiger partial charge in [-0.25, -0.2) is 9.18 Å². The van der Waals surface area contributed by atoms with E-state index in [9.17, 15) is 28.7 Å². The minimum absolute atomic E-state index is 0.188. The molecule has 2 atom stereocenters. The maximum atomic E-state index is 14.6. The van der Waals surface area contributed by atoms with Crippen LogP contribution in [0.25, 0.3) is 11.1 Å². The van der Waals surface area contributed by atoms with E-state index < -0.39 is 48.0 Å². The van der Waals surface area contributed by atoms with Crippen LogP contribution >= 0.6 is 0 Å². The summed E-state index contributed by atoms with van der Waals surface area (Å²) in [6.45, 7) is 0. The summed E-state index contributed by atoms with van der Waals surface area (Å²) in [6.07, 6.45) is 1.93. The van der Waals surface area contributed by atoms with Crippen molar-refractivity contribution in [2.75, 3.05) is 14.2 Å². The van der Waals surface area contributed by atoms with Gasteiger partial charge >= 0.3 is 12.0 Å². The lowest BCUT2D eigenvalue weighted by molar-refractivity contribution is -0.138. The monoisotopic (exact) mass is 455 g/mol. The molecule has 0 spiro atoms. The number of carbonyl (C=O) groups is 4. The van der Waals surface area contributed by atoms with Gasteiger partial charge < -0.3 is 25.4 Å². The topological polar surface area (TPSA) is 125 Å². The maximum Gasteiger partial charge on any atom is 0.316 e. The largest absolute Gasteiger partial charge is 0.497 e.